The van der Waals surface area contributed by atoms with Crippen LogP contribution < -0.4 is 0 Å². The van der Waals surface area contributed by atoms with E-state index in [-0.39, 0.29) is 11.0 Å². The number of carboxylic acids is 1. The molecule has 0 bridgehead atoms. The molecule has 0 aliphatic heterocycles. The lowest BCUT2D eigenvalue weighted by Crippen LogP contribution is -2.09. The van der Waals surface area contributed by atoms with Gasteiger partial charge in [0.05, 0.1) is 16.6 Å². The average molecular weight is 234 g/mol. The monoisotopic (exact) mass is 234 g/mol. The Labute approximate surface area is 98.4 Å². The number of fused-ring (bicyclic) bond motifs is 1. The summed E-state index contributed by atoms with van der Waals surface area (Å²) in [6.07, 6.45) is 1.99. The Morgan fingerprint density at radius 3 is 2.76 bits per heavy atom. The van der Waals surface area contributed by atoms with Crippen molar-refractivity contribution in [2.75, 3.05) is 0 Å². The minimum absolute atomic E-state index is 0.0586. The molecule has 0 aliphatic rings. The predicted molar refractivity (Wildman–Crippen MR) is 61.9 cm³/mol. The molecule has 0 unspecified atom stereocenters. The van der Waals surface area contributed by atoms with Crippen LogP contribution in [0.3, 0.4) is 0 Å². The highest BCUT2D eigenvalue weighted by atomic mass is 16.5. The first-order valence-electron chi connectivity index (χ1n) is 5.34. The highest BCUT2D eigenvalue weighted by Gasteiger charge is 2.18. The Balaban J connectivity index is 2.50. The lowest BCUT2D eigenvalue weighted by atomic mass is 9.90. The molecule has 0 amide bonds. The normalized spacial score (nSPS) is 11.9. The van der Waals surface area contributed by atoms with Crippen molar-refractivity contribution >= 4 is 17.1 Å². The Bertz CT molecular complexity index is 567. The number of aromatic nitrogens is 2. The minimum atomic E-state index is -0.998. The molecule has 2 aromatic heterocycles. The van der Waals surface area contributed by atoms with Crippen molar-refractivity contribution in [3.63, 3.8) is 0 Å². The summed E-state index contributed by atoms with van der Waals surface area (Å²) in [5.74, 6) is -0.998. The number of carboxylic acid groups (broad SMARTS) is 1. The third kappa shape index (κ3) is 2.43. The van der Waals surface area contributed by atoms with E-state index >= 15 is 0 Å². The molecule has 5 heteroatoms. The van der Waals surface area contributed by atoms with Crippen molar-refractivity contribution in [1.29, 1.82) is 0 Å². The molecule has 0 spiro atoms. The number of hydrogen-bond acceptors (Lipinski definition) is 4. The molecule has 17 heavy (non-hydrogen) atoms. The Kier molecular flexibility index (Phi) is 2.61. The number of pyridine rings is 1. The Hall–Kier alpha value is -1.91. The summed E-state index contributed by atoms with van der Waals surface area (Å²) < 4.78 is 5.08. The second kappa shape index (κ2) is 3.84. The van der Waals surface area contributed by atoms with Crippen molar-refractivity contribution < 1.29 is 14.4 Å². The maximum absolute atomic E-state index is 10.9. The number of rotatable bonds is 2. The lowest BCUT2D eigenvalue weighted by Gasteiger charge is -2.15. The van der Waals surface area contributed by atoms with Gasteiger partial charge in [-0.2, -0.15) is 0 Å². The van der Waals surface area contributed by atoms with Gasteiger partial charge in [0, 0.05) is 6.20 Å². The van der Waals surface area contributed by atoms with Gasteiger partial charge in [0.2, 0.25) is 0 Å². The van der Waals surface area contributed by atoms with Crippen molar-refractivity contribution in [2.45, 2.75) is 27.2 Å². The highest BCUT2D eigenvalue weighted by molar-refractivity contribution is 5.91. The Morgan fingerprint density at radius 1 is 1.47 bits per heavy atom. The van der Waals surface area contributed by atoms with Crippen LogP contribution >= 0.6 is 0 Å². The summed E-state index contributed by atoms with van der Waals surface area (Å²) in [5.41, 5.74) is 1.34. The third-order valence-electron chi connectivity index (χ3n) is 2.35. The summed E-state index contributed by atoms with van der Waals surface area (Å²) in [6.45, 7) is 6.26. The van der Waals surface area contributed by atoms with Gasteiger partial charge in [0.25, 0.3) is 5.71 Å². The van der Waals surface area contributed by atoms with Gasteiger partial charge in [-0.3, -0.25) is 0 Å². The van der Waals surface area contributed by atoms with Gasteiger partial charge in [-0.1, -0.05) is 25.9 Å². The standard InChI is InChI=1S/C12H14N2O3/c1-12(2,3)5-9-8-4-7(11(15)16)6-13-10(8)17-14-9/h4,6H,5H2,1-3H3,(H,15,16). The first-order valence-corrected chi connectivity index (χ1v) is 5.34. The zero-order chi connectivity index (χ0) is 12.6. The fraction of sp³-hybridized carbons (Fsp3) is 0.417. The first kappa shape index (κ1) is 11.6. The largest absolute Gasteiger partial charge is 0.478 e. The number of carbonyl (C=O) groups is 1. The van der Waals surface area contributed by atoms with Crippen molar-refractivity contribution in [1.82, 2.24) is 10.1 Å². The van der Waals surface area contributed by atoms with E-state index in [1.807, 2.05) is 0 Å². The van der Waals surface area contributed by atoms with E-state index in [0.717, 1.165) is 5.69 Å². The zero-order valence-electron chi connectivity index (χ0n) is 10.0. The van der Waals surface area contributed by atoms with Crippen LogP contribution in [0.5, 0.6) is 0 Å². The molecular formula is C12H14N2O3. The molecule has 90 valence electrons. The molecule has 0 radical (unpaired) electrons. The van der Waals surface area contributed by atoms with Crippen LogP contribution in [-0.2, 0) is 6.42 Å². The lowest BCUT2D eigenvalue weighted by molar-refractivity contribution is 0.0696. The molecule has 0 fully saturated rings. The topological polar surface area (TPSA) is 76.2 Å². The summed E-state index contributed by atoms with van der Waals surface area (Å²) in [6, 6.07) is 1.56. The molecule has 2 heterocycles. The van der Waals surface area contributed by atoms with E-state index in [4.69, 9.17) is 9.63 Å². The number of aromatic carboxylic acids is 1. The van der Waals surface area contributed by atoms with Gasteiger partial charge in [0.15, 0.2) is 0 Å². The first-order chi connectivity index (χ1) is 7.87. The minimum Gasteiger partial charge on any atom is -0.478 e. The van der Waals surface area contributed by atoms with E-state index in [1.54, 1.807) is 6.07 Å². The van der Waals surface area contributed by atoms with Crippen LogP contribution in [0, 0.1) is 5.41 Å². The van der Waals surface area contributed by atoms with Gasteiger partial charge in [-0.15, -0.1) is 0 Å². The fourth-order valence-electron chi connectivity index (χ4n) is 1.63. The van der Waals surface area contributed by atoms with Gasteiger partial charge in [0.1, 0.15) is 0 Å². The third-order valence-corrected chi connectivity index (χ3v) is 2.35. The van der Waals surface area contributed by atoms with E-state index < -0.39 is 5.97 Å². The molecule has 0 aliphatic carbocycles. The number of nitrogens with zero attached hydrogens (tertiary/aromatic N) is 2. The maximum Gasteiger partial charge on any atom is 0.337 e. The van der Waals surface area contributed by atoms with Crippen LogP contribution in [0.15, 0.2) is 16.8 Å². The molecule has 0 saturated heterocycles. The van der Waals surface area contributed by atoms with Crippen molar-refractivity contribution in [2.24, 2.45) is 5.41 Å². The van der Waals surface area contributed by atoms with Gasteiger partial charge >= 0.3 is 5.97 Å². The van der Waals surface area contributed by atoms with Gasteiger partial charge < -0.3 is 9.63 Å². The average Bonchev–Trinajstić information content (AvgIpc) is 2.58. The molecule has 1 N–H and O–H groups in total. The van der Waals surface area contributed by atoms with E-state index in [1.165, 1.54) is 6.20 Å². The summed E-state index contributed by atoms with van der Waals surface area (Å²) in [4.78, 5) is 14.8. The quantitative estimate of drug-likeness (QED) is 0.863. The van der Waals surface area contributed by atoms with Crippen LogP contribution in [0.1, 0.15) is 36.8 Å². The molecule has 0 aromatic carbocycles. The Morgan fingerprint density at radius 2 is 2.18 bits per heavy atom. The highest BCUT2D eigenvalue weighted by Crippen LogP contribution is 2.25. The second-order valence-corrected chi connectivity index (χ2v) is 5.25. The van der Waals surface area contributed by atoms with E-state index in [9.17, 15) is 4.79 Å². The van der Waals surface area contributed by atoms with Crippen LogP contribution in [0.2, 0.25) is 0 Å². The molecule has 0 saturated carbocycles. The van der Waals surface area contributed by atoms with Crippen LogP contribution in [0.25, 0.3) is 11.1 Å². The molecule has 0 atom stereocenters. The van der Waals surface area contributed by atoms with Crippen molar-refractivity contribution in [3.05, 3.63) is 23.5 Å². The molecule has 2 rings (SSSR count). The van der Waals surface area contributed by atoms with Crippen molar-refractivity contribution in [3.8, 4) is 0 Å². The second-order valence-electron chi connectivity index (χ2n) is 5.25. The summed E-state index contributed by atoms with van der Waals surface area (Å²) in [5, 5.41) is 13.5. The SMILES string of the molecule is CC(C)(C)Cc1noc2ncc(C(=O)O)cc12. The van der Waals surface area contributed by atoms with E-state index in [2.05, 4.69) is 30.9 Å². The summed E-state index contributed by atoms with van der Waals surface area (Å²) >= 11 is 0. The molecular weight excluding hydrogens is 220 g/mol. The molecule has 2 aromatic rings. The predicted octanol–water partition coefficient (Wildman–Crippen LogP) is 2.51. The number of hydrogen-bond donors (Lipinski definition) is 1. The van der Waals surface area contributed by atoms with E-state index in [0.29, 0.717) is 17.5 Å². The van der Waals surface area contributed by atoms with Gasteiger partial charge in [-0.25, -0.2) is 9.78 Å². The fourth-order valence-corrected chi connectivity index (χ4v) is 1.63. The van der Waals surface area contributed by atoms with Crippen LogP contribution in [0.4, 0.5) is 0 Å². The molecule has 5 nitrogen and oxygen atoms in total. The smallest absolute Gasteiger partial charge is 0.337 e. The van der Waals surface area contributed by atoms with Gasteiger partial charge in [-0.05, 0) is 17.9 Å². The maximum atomic E-state index is 10.9. The van der Waals surface area contributed by atoms with Crippen LogP contribution in [-0.4, -0.2) is 21.2 Å². The zero-order valence-corrected chi connectivity index (χ0v) is 10.0. The summed E-state index contributed by atoms with van der Waals surface area (Å²) in [7, 11) is 0.